The molecule has 138 valence electrons. The van der Waals surface area contributed by atoms with Crippen molar-refractivity contribution in [3.63, 3.8) is 0 Å². The Kier molecular flexibility index (Phi) is 5.41. The highest BCUT2D eigenvalue weighted by Crippen LogP contribution is 2.30. The van der Waals surface area contributed by atoms with Crippen molar-refractivity contribution in [1.82, 2.24) is 15.6 Å². The minimum Gasteiger partial charge on any atom is -0.439 e. The smallest absolute Gasteiger partial charge is 0.417 e. The number of alkyl halides is 3. The molecule has 0 radical (unpaired) electrons. The number of ether oxygens (including phenoxy) is 1. The molecule has 1 aliphatic rings. The molecule has 1 unspecified atom stereocenters. The number of aromatic nitrogens is 1. The van der Waals surface area contributed by atoms with E-state index in [0.717, 1.165) is 31.5 Å². The van der Waals surface area contributed by atoms with E-state index in [0.29, 0.717) is 30.1 Å². The van der Waals surface area contributed by atoms with E-state index < -0.39 is 11.7 Å². The molecule has 1 atom stereocenters. The first-order valence-corrected chi connectivity index (χ1v) is 8.24. The summed E-state index contributed by atoms with van der Waals surface area (Å²) in [6, 6.07) is 8.70. The van der Waals surface area contributed by atoms with Crippen LogP contribution in [0.2, 0.25) is 0 Å². The highest BCUT2D eigenvalue weighted by molar-refractivity contribution is 5.94. The topological polar surface area (TPSA) is 63.2 Å². The second-order valence-electron chi connectivity index (χ2n) is 6.01. The lowest BCUT2D eigenvalue weighted by Gasteiger charge is -2.12. The first-order valence-electron chi connectivity index (χ1n) is 8.24. The van der Waals surface area contributed by atoms with Gasteiger partial charge in [-0.25, -0.2) is 4.98 Å². The van der Waals surface area contributed by atoms with Crippen LogP contribution in [0.25, 0.3) is 0 Å². The molecular formula is C18H18F3N3O2. The Labute approximate surface area is 148 Å². The van der Waals surface area contributed by atoms with Crippen molar-refractivity contribution in [2.45, 2.75) is 25.1 Å². The number of carbonyl (C=O) groups excluding carboxylic acids is 1. The average Bonchev–Trinajstić information content (AvgIpc) is 3.13. The number of nitrogens with zero attached hydrogens (tertiary/aromatic N) is 1. The predicted molar refractivity (Wildman–Crippen MR) is 89.1 cm³/mol. The van der Waals surface area contributed by atoms with Gasteiger partial charge >= 0.3 is 6.18 Å². The monoisotopic (exact) mass is 365 g/mol. The van der Waals surface area contributed by atoms with Crippen molar-refractivity contribution >= 4 is 5.91 Å². The molecule has 1 fully saturated rings. The van der Waals surface area contributed by atoms with Crippen molar-refractivity contribution in [3.8, 4) is 11.6 Å². The summed E-state index contributed by atoms with van der Waals surface area (Å²) in [7, 11) is 0. The molecule has 1 aliphatic heterocycles. The molecule has 5 nitrogen and oxygen atoms in total. The zero-order valence-corrected chi connectivity index (χ0v) is 13.8. The van der Waals surface area contributed by atoms with Gasteiger partial charge in [0.2, 0.25) is 5.88 Å². The molecule has 0 bridgehead atoms. The average molecular weight is 365 g/mol. The molecule has 1 saturated heterocycles. The number of pyridine rings is 1. The third-order valence-electron chi connectivity index (χ3n) is 4.07. The van der Waals surface area contributed by atoms with Crippen molar-refractivity contribution in [3.05, 3.63) is 53.7 Å². The van der Waals surface area contributed by atoms with Gasteiger partial charge in [-0.1, -0.05) is 0 Å². The van der Waals surface area contributed by atoms with E-state index in [-0.39, 0.29) is 11.8 Å². The number of hydrogen-bond acceptors (Lipinski definition) is 4. The fraction of sp³-hybridized carbons (Fsp3) is 0.333. The summed E-state index contributed by atoms with van der Waals surface area (Å²) in [4.78, 5) is 15.7. The predicted octanol–water partition coefficient (Wildman–Crippen LogP) is 3.37. The van der Waals surface area contributed by atoms with E-state index in [1.807, 2.05) is 0 Å². The fourth-order valence-electron chi connectivity index (χ4n) is 2.65. The Morgan fingerprint density at radius 1 is 1.23 bits per heavy atom. The molecule has 1 aromatic carbocycles. The first kappa shape index (κ1) is 18.2. The van der Waals surface area contributed by atoms with E-state index >= 15 is 0 Å². The second-order valence-corrected chi connectivity index (χ2v) is 6.01. The molecule has 2 N–H and O–H groups in total. The lowest BCUT2D eigenvalue weighted by molar-refractivity contribution is -0.137. The maximum Gasteiger partial charge on any atom is 0.417 e. The zero-order valence-electron chi connectivity index (χ0n) is 13.8. The third kappa shape index (κ3) is 4.72. The zero-order chi connectivity index (χ0) is 18.6. The standard InChI is InChI=1S/C18H18F3N3O2/c19-18(20,21)13-5-8-16(23-10-13)26-15-6-3-12(4-7-15)17(25)24-11-14-2-1-9-22-14/h3-8,10,14,22H,1-2,9,11H2,(H,24,25). The molecule has 0 aliphatic carbocycles. The molecule has 0 spiro atoms. The second kappa shape index (κ2) is 7.74. The van der Waals surface area contributed by atoms with Gasteiger partial charge in [0, 0.05) is 30.4 Å². The summed E-state index contributed by atoms with van der Waals surface area (Å²) in [5.41, 5.74) is -0.357. The molecule has 2 aromatic rings. The molecule has 0 saturated carbocycles. The Hall–Kier alpha value is -2.61. The summed E-state index contributed by atoms with van der Waals surface area (Å²) in [6.45, 7) is 1.55. The Bertz CT molecular complexity index is 740. The number of hydrogen-bond donors (Lipinski definition) is 2. The van der Waals surface area contributed by atoms with E-state index in [1.54, 1.807) is 24.3 Å². The highest BCUT2D eigenvalue weighted by atomic mass is 19.4. The van der Waals surface area contributed by atoms with Gasteiger partial charge in [-0.05, 0) is 49.7 Å². The van der Waals surface area contributed by atoms with Gasteiger partial charge in [0.15, 0.2) is 0 Å². The number of nitrogens with one attached hydrogen (secondary N) is 2. The number of benzene rings is 1. The van der Waals surface area contributed by atoms with Crippen molar-refractivity contribution < 1.29 is 22.7 Å². The minimum atomic E-state index is -4.44. The van der Waals surface area contributed by atoms with E-state index in [2.05, 4.69) is 15.6 Å². The van der Waals surface area contributed by atoms with Crippen LogP contribution in [0.4, 0.5) is 13.2 Å². The van der Waals surface area contributed by atoms with Gasteiger partial charge in [0.05, 0.1) is 5.56 Å². The molecule has 3 rings (SSSR count). The molecular weight excluding hydrogens is 347 g/mol. The van der Waals surface area contributed by atoms with E-state index in [9.17, 15) is 18.0 Å². The number of rotatable bonds is 5. The summed E-state index contributed by atoms with van der Waals surface area (Å²) >= 11 is 0. The van der Waals surface area contributed by atoms with Crippen LogP contribution in [0.3, 0.4) is 0 Å². The lowest BCUT2D eigenvalue weighted by Crippen LogP contribution is -2.37. The van der Waals surface area contributed by atoms with E-state index in [4.69, 9.17) is 4.74 Å². The number of halogens is 3. The number of carbonyl (C=O) groups is 1. The first-order chi connectivity index (χ1) is 12.4. The maximum absolute atomic E-state index is 12.5. The summed E-state index contributed by atoms with van der Waals surface area (Å²) in [5, 5.41) is 6.17. The Morgan fingerprint density at radius 2 is 2.00 bits per heavy atom. The van der Waals surface area contributed by atoms with Gasteiger partial charge in [0.1, 0.15) is 5.75 Å². The van der Waals surface area contributed by atoms with Crippen LogP contribution in [-0.4, -0.2) is 30.0 Å². The summed E-state index contributed by atoms with van der Waals surface area (Å²) in [5.74, 6) is 0.242. The Balaban J connectivity index is 1.56. The van der Waals surface area contributed by atoms with Gasteiger partial charge in [-0.3, -0.25) is 4.79 Å². The quantitative estimate of drug-likeness (QED) is 0.853. The molecule has 26 heavy (non-hydrogen) atoms. The van der Waals surface area contributed by atoms with Crippen LogP contribution in [0, 0.1) is 0 Å². The SMILES string of the molecule is O=C(NCC1CCCN1)c1ccc(Oc2ccc(C(F)(F)F)cn2)cc1. The molecule has 8 heteroatoms. The van der Waals surface area contributed by atoms with Crippen LogP contribution in [-0.2, 0) is 6.18 Å². The molecule has 1 amide bonds. The van der Waals surface area contributed by atoms with Crippen molar-refractivity contribution in [2.24, 2.45) is 0 Å². The number of amides is 1. The van der Waals surface area contributed by atoms with Gasteiger partial charge in [0.25, 0.3) is 5.91 Å². The van der Waals surface area contributed by atoms with Crippen LogP contribution < -0.4 is 15.4 Å². The van der Waals surface area contributed by atoms with Gasteiger partial charge in [-0.15, -0.1) is 0 Å². The lowest BCUT2D eigenvalue weighted by atomic mass is 10.2. The van der Waals surface area contributed by atoms with Crippen LogP contribution >= 0.6 is 0 Å². The van der Waals surface area contributed by atoms with Gasteiger partial charge in [-0.2, -0.15) is 13.2 Å². The van der Waals surface area contributed by atoms with Crippen molar-refractivity contribution in [2.75, 3.05) is 13.1 Å². The summed E-state index contributed by atoms with van der Waals surface area (Å²) < 4.78 is 42.9. The van der Waals surface area contributed by atoms with Crippen molar-refractivity contribution in [1.29, 1.82) is 0 Å². The molecule has 1 aromatic heterocycles. The summed E-state index contributed by atoms with van der Waals surface area (Å²) in [6.07, 6.45) is -1.56. The highest BCUT2D eigenvalue weighted by Gasteiger charge is 2.30. The van der Waals surface area contributed by atoms with Crippen LogP contribution in [0.15, 0.2) is 42.6 Å². The minimum absolute atomic E-state index is 0.0440. The fourth-order valence-corrected chi connectivity index (χ4v) is 2.65. The maximum atomic E-state index is 12.5. The van der Waals surface area contributed by atoms with Gasteiger partial charge < -0.3 is 15.4 Å². The van der Waals surface area contributed by atoms with Crippen LogP contribution in [0.1, 0.15) is 28.8 Å². The normalized spacial score (nSPS) is 17.1. The Morgan fingerprint density at radius 3 is 2.58 bits per heavy atom. The van der Waals surface area contributed by atoms with Crippen LogP contribution in [0.5, 0.6) is 11.6 Å². The molecule has 2 heterocycles. The largest absolute Gasteiger partial charge is 0.439 e. The van der Waals surface area contributed by atoms with E-state index in [1.165, 1.54) is 0 Å². The third-order valence-corrected chi connectivity index (χ3v) is 4.07.